The van der Waals surface area contributed by atoms with Crippen molar-refractivity contribution in [2.75, 3.05) is 5.73 Å². The second kappa shape index (κ2) is 8.85. The molecule has 0 spiro atoms. The fourth-order valence-electron chi connectivity index (χ4n) is 2.77. The Balaban J connectivity index is 1.61. The molecule has 2 aromatic carbocycles. The summed E-state index contributed by atoms with van der Waals surface area (Å²) in [5.74, 6) is 1.64. The molecule has 0 saturated carbocycles. The van der Waals surface area contributed by atoms with Gasteiger partial charge in [-0.05, 0) is 47.9 Å². The summed E-state index contributed by atoms with van der Waals surface area (Å²) in [5, 5.41) is 2.85. The maximum absolute atomic E-state index is 12.2. The molecule has 0 aliphatic rings. The first-order valence-electron chi connectivity index (χ1n) is 9.00. The average Bonchev–Trinajstić information content (AvgIpc) is 2.69. The Bertz CT molecular complexity index is 907. The highest BCUT2D eigenvalue weighted by Crippen LogP contribution is 2.26. The van der Waals surface area contributed by atoms with Gasteiger partial charge in [0.25, 0.3) is 5.91 Å². The third-order valence-corrected chi connectivity index (χ3v) is 4.18. The van der Waals surface area contributed by atoms with Crippen molar-refractivity contribution in [3.8, 4) is 11.5 Å². The van der Waals surface area contributed by atoms with E-state index in [2.05, 4.69) is 23.3 Å². The maximum atomic E-state index is 12.2. The molecule has 0 fully saturated rings. The number of ether oxygens (including phenoxy) is 1. The Morgan fingerprint density at radius 1 is 1.07 bits per heavy atom. The monoisotopic (exact) mass is 361 g/mol. The van der Waals surface area contributed by atoms with E-state index in [0.29, 0.717) is 12.1 Å². The molecular formula is C22H23N3O2. The number of hydrogen-bond donors (Lipinski definition) is 2. The SMILES string of the molecule is CCCc1ccccc1Oc1ccc(CNC(=O)c2cccnc2N)cc1. The molecule has 138 valence electrons. The third-order valence-electron chi connectivity index (χ3n) is 4.18. The molecule has 3 N–H and O–H groups in total. The zero-order chi connectivity index (χ0) is 19.1. The minimum absolute atomic E-state index is 0.226. The van der Waals surface area contributed by atoms with E-state index in [0.717, 1.165) is 29.9 Å². The number of carbonyl (C=O) groups excluding carboxylic acids is 1. The predicted octanol–water partition coefficient (Wildman–Crippen LogP) is 4.34. The highest BCUT2D eigenvalue weighted by molar-refractivity contribution is 5.98. The number of carbonyl (C=O) groups is 1. The van der Waals surface area contributed by atoms with Crippen molar-refractivity contribution in [2.45, 2.75) is 26.3 Å². The van der Waals surface area contributed by atoms with Crippen molar-refractivity contribution in [1.29, 1.82) is 0 Å². The standard InChI is InChI=1S/C22H23N3O2/c1-2-6-17-7-3-4-9-20(17)27-18-12-10-16(11-13-18)15-25-22(26)19-8-5-14-24-21(19)23/h3-5,7-14H,2,6,15H2,1H3,(H2,23,24)(H,25,26). The molecule has 1 amide bonds. The van der Waals surface area contributed by atoms with Gasteiger partial charge < -0.3 is 15.8 Å². The number of nitrogens with one attached hydrogen (secondary N) is 1. The van der Waals surface area contributed by atoms with Gasteiger partial charge in [-0.2, -0.15) is 0 Å². The van der Waals surface area contributed by atoms with Crippen LogP contribution in [-0.2, 0) is 13.0 Å². The molecule has 5 nitrogen and oxygen atoms in total. The molecule has 5 heteroatoms. The van der Waals surface area contributed by atoms with E-state index in [-0.39, 0.29) is 11.7 Å². The summed E-state index contributed by atoms with van der Waals surface area (Å²) in [4.78, 5) is 16.1. The minimum atomic E-state index is -0.241. The van der Waals surface area contributed by atoms with E-state index in [9.17, 15) is 4.79 Å². The number of aryl methyl sites for hydroxylation is 1. The predicted molar refractivity (Wildman–Crippen MR) is 107 cm³/mol. The largest absolute Gasteiger partial charge is 0.457 e. The van der Waals surface area contributed by atoms with Gasteiger partial charge in [0.2, 0.25) is 0 Å². The number of anilines is 1. The van der Waals surface area contributed by atoms with Crippen molar-refractivity contribution in [1.82, 2.24) is 10.3 Å². The van der Waals surface area contributed by atoms with E-state index in [4.69, 9.17) is 10.5 Å². The van der Waals surface area contributed by atoms with Crippen LogP contribution in [0.3, 0.4) is 0 Å². The summed E-state index contributed by atoms with van der Waals surface area (Å²) < 4.78 is 6.02. The van der Waals surface area contributed by atoms with Crippen molar-refractivity contribution < 1.29 is 9.53 Å². The number of nitrogen functional groups attached to an aromatic ring is 1. The summed E-state index contributed by atoms with van der Waals surface area (Å²) in [5.41, 5.74) is 8.28. The zero-order valence-corrected chi connectivity index (χ0v) is 15.3. The number of nitrogens with two attached hydrogens (primary N) is 1. The van der Waals surface area contributed by atoms with Crippen LogP contribution in [0.15, 0.2) is 66.9 Å². The molecule has 0 radical (unpaired) electrons. The van der Waals surface area contributed by atoms with E-state index in [1.165, 1.54) is 5.56 Å². The lowest BCUT2D eigenvalue weighted by molar-refractivity contribution is 0.0951. The molecule has 1 heterocycles. The normalized spacial score (nSPS) is 10.4. The Morgan fingerprint density at radius 2 is 1.85 bits per heavy atom. The molecule has 0 aliphatic carbocycles. The van der Waals surface area contributed by atoms with Crippen LogP contribution in [0.2, 0.25) is 0 Å². The summed E-state index contributed by atoms with van der Waals surface area (Å²) in [6.45, 7) is 2.55. The molecule has 0 aliphatic heterocycles. The quantitative estimate of drug-likeness (QED) is 0.656. The van der Waals surface area contributed by atoms with Gasteiger partial charge in [0.1, 0.15) is 17.3 Å². The van der Waals surface area contributed by atoms with Crippen molar-refractivity contribution in [3.05, 3.63) is 83.6 Å². The Morgan fingerprint density at radius 3 is 2.59 bits per heavy atom. The molecule has 0 bridgehead atoms. The summed E-state index contributed by atoms with van der Waals surface area (Å²) >= 11 is 0. The zero-order valence-electron chi connectivity index (χ0n) is 15.3. The van der Waals surface area contributed by atoms with Crippen LogP contribution < -0.4 is 15.8 Å². The van der Waals surface area contributed by atoms with Gasteiger partial charge in [-0.25, -0.2) is 4.98 Å². The molecule has 1 aromatic heterocycles. The van der Waals surface area contributed by atoms with Crippen molar-refractivity contribution >= 4 is 11.7 Å². The number of nitrogens with zero attached hydrogens (tertiary/aromatic N) is 1. The van der Waals surface area contributed by atoms with E-state index < -0.39 is 0 Å². The number of para-hydroxylation sites is 1. The van der Waals surface area contributed by atoms with Gasteiger partial charge in [-0.15, -0.1) is 0 Å². The lowest BCUT2D eigenvalue weighted by atomic mass is 10.1. The number of aromatic nitrogens is 1. The van der Waals surface area contributed by atoms with Gasteiger partial charge in [-0.1, -0.05) is 43.7 Å². The van der Waals surface area contributed by atoms with Gasteiger partial charge in [0, 0.05) is 12.7 Å². The highest BCUT2D eigenvalue weighted by Gasteiger charge is 2.09. The van der Waals surface area contributed by atoms with E-state index in [1.54, 1.807) is 18.3 Å². The first kappa shape index (κ1) is 18.5. The van der Waals surface area contributed by atoms with E-state index >= 15 is 0 Å². The smallest absolute Gasteiger partial charge is 0.255 e. The fraction of sp³-hybridized carbons (Fsp3) is 0.182. The van der Waals surface area contributed by atoms with Crippen molar-refractivity contribution in [2.24, 2.45) is 0 Å². The molecule has 0 unspecified atom stereocenters. The molecular weight excluding hydrogens is 338 g/mol. The van der Waals surface area contributed by atoms with Crippen LogP contribution in [0.25, 0.3) is 0 Å². The lowest BCUT2D eigenvalue weighted by Gasteiger charge is -2.11. The molecule has 0 atom stereocenters. The highest BCUT2D eigenvalue weighted by atomic mass is 16.5. The number of hydrogen-bond acceptors (Lipinski definition) is 4. The number of benzene rings is 2. The summed E-state index contributed by atoms with van der Waals surface area (Å²) in [7, 11) is 0. The van der Waals surface area contributed by atoms with Gasteiger partial charge in [-0.3, -0.25) is 4.79 Å². The van der Waals surface area contributed by atoms with Gasteiger partial charge in [0.15, 0.2) is 0 Å². The second-order valence-corrected chi connectivity index (χ2v) is 6.22. The van der Waals surface area contributed by atoms with Crippen LogP contribution in [0.5, 0.6) is 11.5 Å². The Labute approximate surface area is 159 Å². The first-order chi connectivity index (χ1) is 13.2. The minimum Gasteiger partial charge on any atom is -0.457 e. The number of pyridine rings is 1. The Kier molecular flexibility index (Phi) is 6.05. The summed E-state index contributed by atoms with van der Waals surface area (Å²) in [6.07, 6.45) is 3.61. The van der Waals surface area contributed by atoms with Crippen LogP contribution in [0, 0.1) is 0 Å². The van der Waals surface area contributed by atoms with Gasteiger partial charge >= 0.3 is 0 Å². The van der Waals surface area contributed by atoms with Crippen molar-refractivity contribution in [3.63, 3.8) is 0 Å². The third kappa shape index (κ3) is 4.85. The lowest BCUT2D eigenvalue weighted by Crippen LogP contribution is -2.24. The maximum Gasteiger partial charge on any atom is 0.255 e. The second-order valence-electron chi connectivity index (χ2n) is 6.22. The molecule has 0 saturated heterocycles. The number of rotatable bonds is 7. The van der Waals surface area contributed by atoms with Crippen LogP contribution in [0.4, 0.5) is 5.82 Å². The van der Waals surface area contributed by atoms with Gasteiger partial charge in [0.05, 0.1) is 5.56 Å². The number of amides is 1. The average molecular weight is 361 g/mol. The van der Waals surface area contributed by atoms with Crippen LogP contribution >= 0.6 is 0 Å². The molecule has 3 rings (SSSR count). The summed E-state index contributed by atoms with van der Waals surface area (Å²) in [6, 6.07) is 19.1. The van der Waals surface area contributed by atoms with Crippen LogP contribution in [-0.4, -0.2) is 10.9 Å². The Hall–Kier alpha value is -3.34. The topological polar surface area (TPSA) is 77.2 Å². The first-order valence-corrected chi connectivity index (χ1v) is 9.00. The fourth-order valence-corrected chi connectivity index (χ4v) is 2.77. The molecule has 27 heavy (non-hydrogen) atoms. The van der Waals surface area contributed by atoms with Crippen LogP contribution in [0.1, 0.15) is 34.8 Å². The van der Waals surface area contributed by atoms with E-state index in [1.807, 2.05) is 42.5 Å². The molecule has 3 aromatic rings.